The Balaban J connectivity index is 2.03. The molecule has 1 aliphatic carbocycles. The Hall–Kier alpha value is -1.19. The molecule has 0 saturated carbocycles. The second-order valence-corrected chi connectivity index (χ2v) is 4.41. The summed E-state index contributed by atoms with van der Waals surface area (Å²) in [5.74, 6) is 0.108. The van der Waals surface area contributed by atoms with E-state index in [1.165, 1.54) is 0 Å². The van der Waals surface area contributed by atoms with Crippen LogP contribution in [0.15, 0.2) is 30.6 Å². The summed E-state index contributed by atoms with van der Waals surface area (Å²) in [6, 6.07) is 1.79. The molecule has 2 N–H and O–H groups in total. The van der Waals surface area contributed by atoms with E-state index in [0.29, 0.717) is 17.9 Å². The summed E-state index contributed by atoms with van der Waals surface area (Å²) in [5, 5.41) is 0.544. The van der Waals surface area contributed by atoms with Crippen molar-refractivity contribution in [2.45, 2.75) is 18.9 Å². The lowest BCUT2D eigenvalue weighted by Crippen LogP contribution is -2.20. The van der Waals surface area contributed by atoms with E-state index in [-0.39, 0.29) is 17.7 Å². The monoisotopic (exact) mass is 236 g/mol. The minimum absolute atomic E-state index is 0.0156. The van der Waals surface area contributed by atoms with Gasteiger partial charge in [-0.05, 0) is 18.1 Å². The second-order valence-electron chi connectivity index (χ2n) is 4.00. The number of pyridine rings is 1. The van der Waals surface area contributed by atoms with Crippen molar-refractivity contribution < 1.29 is 4.79 Å². The molecule has 1 aliphatic rings. The maximum atomic E-state index is 11.9. The van der Waals surface area contributed by atoms with Crippen LogP contribution in [0.5, 0.6) is 0 Å². The highest BCUT2D eigenvalue weighted by atomic mass is 35.5. The minimum atomic E-state index is -0.0563. The number of halogens is 1. The van der Waals surface area contributed by atoms with Gasteiger partial charge in [-0.15, -0.1) is 0 Å². The highest BCUT2D eigenvalue weighted by molar-refractivity contribution is 6.31. The Morgan fingerprint density at radius 2 is 2.38 bits per heavy atom. The number of aromatic nitrogens is 1. The van der Waals surface area contributed by atoms with Gasteiger partial charge in [0.15, 0.2) is 0 Å². The predicted octanol–water partition coefficient (Wildman–Crippen LogP) is 1.75. The summed E-state index contributed by atoms with van der Waals surface area (Å²) >= 11 is 5.95. The molecule has 2 atom stereocenters. The van der Waals surface area contributed by atoms with E-state index in [4.69, 9.17) is 17.3 Å². The van der Waals surface area contributed by atoms with Crippen LogP contribution in [0, 0.1) is 5.92 Å². The van der Waals surface area contributed by atoms with Crippen molar-refractivity contribution in [1.29, 1.82) is 0 Å². The van der Waals surface area contributed by atoms with Crippen LogP contribution in [-0.2, 0) is 11.2 Å². The summed E-state index contributed by atoms with van der Waals surface area (Å²) in [6.07, 6.45) is 8.04. The number of nitrogens with zero attached hydrogens (tertiary/aromatic N) is 1. The lowest BCUT2D eigenvalue weighted by Gasteiger charge is -2.08. The van der Waals surface area contributed by atoms with Crippen LogP contribution >= 0.6 is 11.6 Å². The zero-order valence-electron chi connectivity index (χ0n) is 8.77. The van der Waals surface area contributed by atoms with Crippen molar-refractivity contribution in [2.24, 2.45) is 11.7 Å². The molecule has 0 amide bonds. The number of allylic oxidation sites excluding steroid dienone is 1. The Morgan fingerprint density at radius 3 is 3.00 bits per heavy atom. The first-order valence-electron chi connectivity index (χ1n) is 5.22. The summed E-state index contributed by atoms with van der Waals surface area (Å²) in [5.41, 5.74) is 6.54. The van der Waals surface area contributed by atoms with Crippen LogP contribution in [0.25, 0.3) is 0 Å². The third-order valence-electron chi connectivity index (χ3n) is 2.75. The van der Waals surface area contributed by atoms with E-state index in [9.17, 15) is 4.79 Å². The fourth-order valence-corrected chi connectivity index (χ4v) is 2.02. The van der Waals surface area contributed by atoms with Gasteiger partial charge in [-0.1, -0.05) is 23.8 Å². The van der Waals surface area contributed by atoms with Crippen LogP contribution in [-0.4, -0.2) is 16.8 Å². The van der Waals surface area contributed by atoms with Crippen LogP contribution in [0.1, 0.15) is 12.0 Å². The normalized spacial score (nSPS) is 23.6. The van der Waals surface area contributed by atoms with Crippen LogP contribution in [0.4, 0.5) is 0 Å². The molecule has 0 spiro atoms. The van der Waals surface area contributed by atoms with Gasteiger partial charge in [0.25, 0.3) is 0 Å². The summed E-state index contributed by atoms with van der Waals surface area (Å²) in [4.78, 5) is 15.8. The Kier molecular flexibility index (Phi) is 3.36. The Morgan fingerprint density at radius 1 is 1.56 bits per heavy atom. The van der Waals surface area contributed by atoms with Crippen molar-refractivity contribution in [2.75, 3.05) is 0 Å². The standard InChI is InChI=1S/C12H13ClN2O/c13-11-7-15-4-3-8(11)6-12(16)9-1-2-10(14)5-9/h1-4,7,9-10H,5-6,14H2. The van der Waals surface area contributed by atoms with Gasteiger partial charge in [-0.2, -0.15) is 0 Å². The average Bonchev–Trinajstić information content (AvgIpc) is 2.68. The fraction of sp³-hybridized carbons (Fsp3) is 0.333. The second kappa shape index (κ2) is 4.76. The molecule has 1 aromatic rings. The highest BCUT2D eigenvalue weighted by Crippen LogP contribution is 2.21. The zero-order valence-corrected chi connectivity index (χ0v) is 9.52. The molecule has 4 heteroatoms. The Labute approximate surface area is 99.3 Å². The fourth-order valence-electron chi connectivity index (χ4n) is 1.83. The average molecular weight is 237 g/mol. The predicted molar refractivity (Wildman–Crippen MR) is 63.2 cm³/mol. The molecular weight excluding hydrogens is 224 g/mol. The third-order valence-corrected chi connectivity index (χ3v) is 3.09. The first-order valence-corrected chi connectivity index (χ1v) is 5.59. The molecule has 2 rings (SSSR count). The number of nitrogens with two attached hydrogens (primary N) is 1. The third kappa shape index (κ3) is 2.49. The molecule has 16 heavy (non-hydrogen) atoms. The van der Waals surface area contributed by atoms with E-state index in [2.05, 4.69) is 4.98 Å². The molecule has 0 bridgehead atoms. The number of Topliss-reactive ketones (excluding diaryl/α,β-unsaturated/α-hetero) is 1. The first kappa shape index (κ1) is 11.3. The van der Waals surface area contributed by atoms with Crippen LogP contribution in [0.2, 0.25) is 5.02 Å². The number of carbonyl (C=O) groups excluding carboxylic acids is 1. The quantitative estimate of drug-likeness (QED) is 0.814. The molecule has 2 unspecified atom stereocenters. The number of rotatable bonds is 3. The van der Waals surface area contributed by atoms with Gasteiger partial charge in [-0.3, -0.25) is 9.78 Å². The van der Waals surface area contributed by atoms with Gasteiger partial charge in [0.05, 0.1) is 5.02 Å². The van der Waals surface area contributed by atoms with Crippen molar-refractivity contribution in [3.8, 4) is 0 Å². The van der Waals surface area contributed by atoms with E-state index in [0.717, 1.165) is 5.56 Å². The molecule has 3 nitrogen and oxygen atoms in total. The van der Waals surface area contributed by atoms with Crippen molar-refractivity contribution in [1.82, 2.24) is 4.98 Å². The van der Waals surface area contributed by atoms with Gasteiger partial charge in [0, 0.05) is 30.8 Å². The molecule has 0 saturated heterocycles. The van der Waals surface area contributed by atoms with Gasteiger partial charge in [0.1, 0.15) is 5.78 Å². The summed E-state index contributed by atoms with van der Waals surface area (Å²) in [7, 11) is 0. The van der Waals surface area contributed by atoms with Gasteiger partial charge >= 0.3 is 0 Å². The molecule has 0 fully saturated rings. The lowest BCUT2D eigenvalue weighted by atomic mass is 9.97. The molecule has 84 valence electrons. The largest absolute Gasteiger partial charge is 0.324 e. The maximum Gasteiger partial charge on any atom is 0.144 e. The highest BCUT2D eigenvalue weighted by Gasteiger charge is 2.22. The summed E-state index contributed by atoms with van der Waals surface area (Å²) < 4.78 is 0. The van der Waals surface area contributed by atoms with Crippen molar-refractivity contribution in [3.63, 3.8) is 0 Å². The lowest BCUT2D eigenvalue weighted by molar-refractivity contribution is -0.120. The molecule has 1 heterocycles. The summed E-state index contributed by atoms with van der Waals surface area (Å²) in [6.45, 7) is 0. The van der Waals surface area contributed by atoms with E-state index < -0.39 is 0 Å². The van der Waals surface area contributed by atoms with E-state index in [1.807, 2.05) is 12.2 Å². The van der Waals surface area contributed by atoms with Gasteiger partial charge in [0.2, 0.25) is 0 Å². The number of hydrogen-bond acceptors (Lipinski definition) is 3. The molecule has 0 aromatic carbocycles. The zero-order chi connectivity index (χ0) is 11.5. The number of ketones is 1. The van der Waals surface area contributed by atoms with Crippen LogP contribution < -0.4 is 5.73 Å². The topological polar surface area (TPSA) is 56.0 Å². The van der Waals surface area contributed by atoms with E-state index in [1.54, 1.807) is 18.5 Å². The molecule has 0 aliphatic heterocycles. The van der Waals surface area contributed by atoms with E-state index >= 15 is 0 Å². The smallest absolute Gasteiger partial charge is 0.144 e. The van der Waals surface area contributed by atoms with Gasteiger partial charge in [-0.25, -0.2) is 0 Å². The SMILES string of the molecule is NC1C=CC(C(=O)Cc2ccncc2Cl)C1. The minimum Gasteiger partial charge on any atom is -0.324 e. The van der Waals surface area contributed by atoms with Crippen LogP contribution in [0.3, 0.4) is 0 Å². The number of hydrogen-bond donors (Lipinski definition) is 1. The van der Waals surface area contributed by atoms with Gasteiger partial charge < -0.3 is 5.73 Å². The van der Waals surface area contributed by atoms with Crippen molar-refractivity contribution in [3.05, 3.63) is 41.2 Å². The molecule has 1 aromatic heterocycles. The first-order chi connectivity index (χ1) is 7.66. The molecular formula is C12H13ClN2O. The Bertz CT molecular complexity index is 431. The molecule has 0 radical (unpaired) electrons. The maximum absolute atomic E-state index is 11.9. The number of carbonyl (C=O) groups is 1. The van der Waals surface area contributed by atoms with Crippen molar-refractivity contribution >= 4 is 17.4 Å².